The van der Waals surface area contributed by atoms with Crippen LogP contribution in [-0.4, -0.2) is 35.3 Å². The lowest BCUT2D eigenvalue weighted by Crippen LogP contribution is -2.20. The number of furan rings is 1. The van der Waals surface area contributed by atoms with Crippen LogP contribution in [0.1, 0.15) is 44.8 Å². The van der Waals surface area contributed by atoms with Crippen LogP contribution in [0.4, 0.5) is 0 Å². The molecule has 0 unspecified atom stereocenters. The lowest BCUT2D eigenvalue weighted by molar-refractivity contribution is -0.144. The van der Waals surface area contributed by atoms with Crippen molar-refractivity contribution in [2.75, 3.05) is 13.2 Å². The summed E-state index contributed by atoms with van der Waals surface area (Å²) in [6.45, 7) is 4.99. The molecule has 0 saturated carbocycles. The van der Waals surface area contributed by atoms with Gasteiger partial charge in [-0.05, 0) is 51.1 Å². The zero-order chi connectivity index (χ0) is 21.7. The fraction of sp³-hybridized carbons (Fsp3) is 0.261. The van der Waals surface area contributed by atoms with Gasteiger partial charge in [-0.1, -0.05) is 12.1 Å². The second kappa shape index (κ2) is 9.26. The average molecular weight is 409 g/mol. The first-order chi connectivity index (χ1) is 14.3. The highest BCUT2D eigenvalue weighted by Gasteiger charge is 2.18. The quantitative estimate of drug-likeness (QED) is 0.395. The van der Waals surface area contributed by atoms with Gasteiger partial charge >= 0.3 is 5.97 Å². The van der Waals surface area contributed by atoms with Crippen molar-refractivity contribution in [1.82, 2.24) is 4.57 Å². The number of ether oxygens (including phenoxy) is 2. The first kappa shape index (κ1) is 21.1. The lowest BCUT2D eigenvalue weighted by atomic mass is 10.1. The lowest BCUT2D eigenvalue weighted by Gasteiger charge is -2.09. The molecule has 3 aromatic rings. The number of esters is 1. The van der Waals surface area contributed by atoms with Crippen molar-refractivity contribution in [3.63, 3.8) is 0 Å². The third-order valence-electron chi connectivity index (χ3n) is 4.73. The molecule has 2 heterocycles. The smallest absolute Gasteiger partial charge is 0.344 e. The fourth-order valence-electron chi connectivity index (χ4n) is 3.10. The van der Waals surface area contributed by atoms with Crippen LogP contribution in [0.25, 0.3) is 0 Å². The van der Waals surface area contributed by atoms with Gasteiger partial charge in [-0.2, -0.15) is 0 Å². The molecule has 3 rings (SSSR count). The maximum atomic E-state index is 12.5. The molecule has 0 aliphatic carbocycles. The first-order valence-corrected chi connectivity index (χ1v) is 9.47. The molecule has 0 fully saturated rings. The first-order valence-electron chi connectivity index (χ1n) is 9.47. The zero-order valence-corrected chi connectivity index (χ0v) is 17.1. The molecular formula is C23H23NO6. The second-order valence-electron chi connectivity index (χ2n) is 6.91. The van der Waals surface area contributed by atoms with Crippen molar-refractivity contribution < 1.29 is 28.3 Å². The van der Waals surface area contributed by atoms with Crippen molar-refractivity contribution in [3.05, 3.63) is 77.0 Å². The van der Waals surface area contributed by atoms with Crippen LogP contribution in [0.3, 0.4) is 0 Å². The monoisotopic (exact) mass is 409 g/mol. The number of benzene rings is 1. The highest BCUT2D eigenvalue weighted by Crippen LogP contribution is 2.18. The number of nitrogens with zero attached hydrogens (tertiary/aromatic N) is 1. The summed E-state index contributed by atoms with van der Waals surface area (Å²) in [7, 11) is 0. The SMILES string of the molecule is CC(=O)c1cccc(OCC(=O)OCC(=O)c2cc(C)n(Cc3ccco3)c2C)c1. The standard InChI is InChI=1S/C23H23NO6/c1-15-10-21(16(2)24(15)12-20-8-5-9-28-20)22(26)13-30-23(27)14-29-19-7-4-6-18(11-19)17(3)25/h4-11H,12-14H2,1-3H3. The molecule has 0 atom stereocenters. The van der Waals surface area contributed by atoms with Gasteiger partial charge in [-0.15, -0.1) is 0 Å². The summed E-state index contributed by atoms with van der Waals surface area (Å²) in [6, 6.07) is 12.0. The van der Waals surface area contributed by atoms with E-state index in [1.807, 2.05) is 30.5 Å². The normalized spacial score (nSPS) is 10.6. The van der Waals surface area contributed by atoms with Crippen LogP contribution < -0.4 is 4.74 Å². The number of ketones is 2. The van der Waals surface area contributed by atoms with Gasteiger partial charge in [0, 0.05) is 22.5 Å². The van der Waals surface area contributed by atoms with Crippen LogP contribution in [0, 0.1) is 13.8 Å². The summed E-state index contributed by atoms with van der Waals surface area (Å²) in [5, 5.41) is 0. The van der Waals surface area contributed by atoms with E-state index in [1.165, 1.54) is 6.92 Å². The molecule has 0 radical (unpaired) electrons. The van der Waals surface area contributed by atoms with Crippen molar-refractivity contribution >= 4 is 17.5 Å². The minimum Gasteiger partial charge on any atom is -0.482 e. The Labute approximate surface area is 174 Å². The third kappa shape index (κ3) is 5.05. The van der Waals surface area contributed by atoms with Gasteiger partial charge in [0.25, 0.3) is 0 Å². The summed E-state index contributed by atoms with van der Waals surface area (Å²) in [4.78, 5) is 35.9. The minimum absolute atomic E-state index is 0.0988. The van der Waals surface area contributed by atoms with Crippen molar-refractivity contribution in [2.45, 2.75) is 27.3 Å². The second-order valence-corrected chi connectivity index (χ2v) is 6.91. The van der Waals surface area contributed by atoms with Crippen molar-refractivity contribution in [2.24, 2.45) is 0 Å². The Balaban J connectivity index is 1.54. The molecule has 7 heteroatoms. The zero-order valence-electron chi connectivity index (χ0n) is 17.1. The summed E-state index contributed by atoms with van der Waals surface area (Å²) in [5.41, 5.74) is 2.68. The van der Waals surface area contributed by atoms with Gasteiger partial charge in [0.15, 0.2) is 19.0 Å². The predicted molar refractivity (Wildman–Crippen MR) is 109 cm³/mol. The highest BCUT2D eigenvalue weighted by molar-refractivity contribution is 5.99. The molecule has 0 aliphatic heterocycles. The minimum atomic E-state index is -0.666. The van der Waals surface area contributed by atoms with Crippen molar-refractivity contribution in [1.29, 1.82) is 0 Å². The van der Waals surface area contributed by atoms with Gasteiger partial charge in [0.05, 0.1) is 12.8 Å². The number of aromatic nitrogens is 1. The maximum absolute atomic E-state index is 12.5. The number of hydrogen-bond acceptors (Lipinski definition) is 6. The predicted octanol–water partition coefficient (Wildman–Crippen LogP) is 3.75. The molecule has 2 aromatic heterocycles. The summed E-state index contributed by atoms with van der Waals surface area (Å²) < 4.78 is 17.8. The van der Waals surface area contributed by atoms with E-state index >= 15 is 0 Å². The van der Waals surface area contributed by atoms with Crippen molar-refractivity contribution in [3.8, 4) is 5.75 Å². The van der Waals surface area contributed by atoms with Crippen LogP contribution in [0.15, 0.2) is 53.1 Å². The van der Waals surface area contributed by atoms with Gasteiger partial charge in [0.1, 0.15) is 11.5 Å². The van der Waals surface area contributed by atoms with E-state index in [-0.39, 0.29) is 24.8 Å². The molecule has 1 aromatic carbocycles. The fourth-order valence-corrected chi connectivity index (χ4v) is 3.10. The third-order valence-corrected chi connectivity index (χ3v) is 4.73. The molecule has 0 spiro atoms. The summed E-state index contributed by atoms with van der Waals surface area (Å²) >= 11 is 0. The Morgan fingerprint density at radius 1 is 1.03 bits per heavy atom. The number of rotatable bonds is 9. The molecule has 0 saturated heterocycles. The van der Waals surface area contributed by atoms with Gasteiger partial charge in [0.2, 0.25) is 5.78 Å². The Hall–Kier alpha value is -3.61. The van der Waals surface area contributed by atoms with Crippen LogP contribution >= 0.6 is 0 Å². The molecular weight excluding hydrogens is 386 g/mol. The van der Waals surface area contributed by atoms with Gasteiger partial charge in [-0.25, -0.2) is 4.79 Å². The molecule has 0 bridgehead atoms. The van der Waals surface area contributed by atoms with Gasteiger partial charge in [-0.3, -0.25) is 9.59 Å². The van der Waals surface area contributed by atoms with Crippen LogP contribution in [-0.2, 0) is 16.1 Å². The topological polar surface area (TPSA) is 87.7 Å². The Bertz CT molecular complexity index is 1060. The largest absolute Gasteiger partial charge is 0.482 e. The van der Waals surface area contributed by atoms with E-state index in [1.54, 1.807) is 36.6 Å². The molecule has 0 amide bonds. The van der Waals surface area contributed by atoms with E-state index in [0.717, 1.165) is 17.1 Å². The van der Waals surface area contributed by atoms with Gasteiger partial charge < -0.3 is 18.5 Å². The van der Waals surface area contributed by atoms with E-state index in [0.29, 0.717) is 23.4 Å². The van der Waals surface area contributed by atoms with Crippen LogP contribution in [0.5, 0.6) is 5.75 Å². The Morgan fingerprint density at radius 2 is 1.83 bits per heavy atom. The number of Topliss-reactive ketones (excluding diaryl/α,β-unsaturated/α-hetero) is 2. The highest BCUT2D eigenvalue weighted by atomic mass is 16.6. The summed E-state index contributed by atoms with van der Waals surface area (Å²) in [6.07, 6.45) is 1.60. The Morgan fingerprint density at radius 3 is 2.53 bits per heavy atom. The molecule has 0 aliphatic rings. The maximum Gasteiger partial charge on any atom is 0.344 e. The number of carbonyl (C=O) groups excluding carboxylic acids is 3. The van der Waals surface area contributed by atoms with E-state index in [2.05, 4.69) is 0 Å². The Kier molecular flexibility index (Phi) is 6.51. The van der Waals surface area contributed by atoms with Crippen LogP contribution in [0.2, 0.25) is 0 Å². The number of carbonyl (C=O) groups is 3. The molecule has 7 nitrogen and oxygen atoms in total. The molecule has 30 heavy (non-hydrogen) atoms. The van der Waals surface area contributed by atoms with E-state index < -0.39 is 5.97 Å². The van der Waals surface area contributed by atoms with E-state index in [4.69, 9.17) is 13.9 Å². The molecule has 0 N–H and O–H groups in total. The number of aryl methyl sites for hydroxylation is 1. The summed E-state index contributed by atoms with van der Waals surface area (Å²) in [5.74, 6) is 0.112. The average Bonchev–Trinajstić information content (AvgIpc) is 3.34. The number of hydrogen-bond donors (Lipinski definition) is 0. The molecule has 156 valence electrons. The van der Waals surface area contributed by atoms with E-state index in [9.17, 15) is 14.4 Å².